The summed E-state index contributed by atoms with van der Waals surface area (Å²) in [5.41, 5.74) is 0. The Morgan fingerprint density at radius 1 is 1.41 bits per heavy atom. The molecule has 0 bridgehead atoms. The van der Waals surface area contributed by atoms with Gasteiger partial charge in [0.2, 0.25) is 5.91 Å². The molecule has 5 nitrogen and oxygen atoms in total. The van der Waals surface area contributed by atoms with Crippen molar-refractivity contribution in [1.29, 1.82) is 0 Å². The maximum Gasteiger partial charge on any atom is 0.303 e. The van der Waals surface area contributed by atoms with E-state index < -0.39 is 5.97 Å². The van der Waals surface area contributed by atoms with Crippen molar-refractivity contribution in [2.24, 2.45) is 0 Å². The smallest absolute Gasteiger partial charge is 0.303 e. The van der Waals surface area contributed by atoms with Crippen molar-refractivity contribution in [3.8, 4) is 0 Å². The van der Waals surface area contributed by atoms with Crippen LogP contribution in [-0.4, -0.2) is 48.1 Å². The first-order valence-corrected chi connectivity index (χ1v) is 6.28. The van der Waals surface area contributed by atoms with Gasteiger partial charge in [-0.2, -0.15) is 0 Å². The number of aliphatic carboxylic acids is 1. The van der Waals surface area contributed by atoms with Crippen LogP contribution in [0, 0.1) is 0 Å². The van der Waals surface area contributed by atoms with Crippen LogP contribution < -0.4 is 5.32 Å². The lowest BCUT2D eigenvalue weighted by Gasteiger charge is -2.19. The first-order chi connectivity index (χ1) is 8.09. The SMILES string of the molecule is CN1CCCC1CCNC(=O)CCCC(=O)O. The van der Waals surface area contributed by atoms with E-state index in [9.17, 15) is 9.59 Å². The first-order valence-electron chi connectivity index (χ1n) is 6.28. The van der Waals surface area contributed by atoms with Gasteiger partial charge in [-0.05, 0) is 39.3 Å². The Morgan fingerprint density at radius 2 is 2.18 bits per heavy atom. The lowest BCUT2D eigenvalue weighted by molar-refractivity contribution is -0.137. The number of carbonyl (C=O) groups is 2. The molecule has 1 unspecified atom stereocenters. The van der Waals surface area contributed by atoms with E-state index in [1.165, 1.54) is 12.8 Å². The standard InChI is InChI=1S/C12H22N2O3/c1-14-9-3-4-10(14)7-8-13-11(15)5-2-6-12(16)17/h10H,2-9H2,1H3,(H,13,15)(H,16,17). The number of amides is 1. The Balaban J connectivity index is 2.02. The maximum atomic E-state index is 11.4. The molecule has 0 aromatic carbocycles. The molecule has 0 radical (unpaired) electrons. The Bertz CT molecular complexity index is 268. The van der Waals surface area contributed by atoms with E-state index in [0.717, 1.165) is 13.0 Å². The van der Waals surface area contributed by atoms with Crippen LogP contribution in [0.15, 0.2) is 0 Å². The lowest BCUT2D eigenvalue weighted by atomic mass is 10.1. The highest BCUT2D eigenvalue weighted by Gasteiger charge is 2.20. The zero-order valence-corrected chi connectivity index (χ0v) is 10.4. The van der Waals surface area contributed by atoms with Crippen LogP contribution in [0.3, 0.4) is 0 Å². The van der Waals surface area contributed by atoms with Gasteiger partial charge in [0.05, 0.1) is 0 Å². The van der Waals surface area contributed by atoms with Gasteiger partial charge in [0.1, 0.15) is 0 Å². The predicted octanol–water partition coefficient (Wildman–Crippen LogP) is 0.842. The van der Waals surface area contributed by atoms with E-state index >= 15 is 0 Å². The van der Waals surface area contributed by atoms with Crippen molar-refractivity contribution in [3.05, 3.63) is 0 Å². The summed E-state index contributed by atoms with van der Waals surface area (Å²) in [6.45, 7) is 1.85. The molecular formula is C12H22N2O3. The van der Waals surface area contributed by atoms with Gasteiger partial charge in [0.25, 0.3) is 0 Å². The molecule has 1 rings (SSSR count). The molecule has 1 amide bonds. The first kappa shape index (κ1) is 14.0. The number of nitrogens with one attached hydrogen (secondary N) is 1. The fourth-order valence-electron chi connectivity index (χ4n) is 2.21. The monoisotopic (exact) mass is 242 g/mol. The number of carbonyl (C=O) groups excluding carboxylic acids is 1. The Kier molecular flexibility index (Phi) is 5.97. The van der Waals surface area contributed by atoms with Gasteiger partial charge in [-0.15, -0.1) is 0 Å². The molecule has 0 spiro atoms. The Labute approximate surface area is 102 Å². The second kappa shape index (κ2) is 7.27. The molecule has 0 aliphatic carbocycles. The van der Waals surface area contributed by atoms with Crippen LogP contribution in [0.4, 0.5) is 0 Å². The minimum atomic E-state index is -0.842. The van der Waals surface area contributed by atoms with E-state index in [4.69, 9.17) is 5.11 Å². The van der Waals surface area contributed by atoms with Crippen LogP contribution in [0.1, 0.15) is 38.5 Å². The zero-order chi connectivity index (χ0) is 12.7. The average molecular weight is 242 g/mol. The highest BCUT2D eigenvalue weighted by atomic mass is 16.4. The quantitative estimate of drug-likeness (QED) is 0.694. The number of nitrogens with zero attached hydrogens (tertiary/aromatic N) is 1. The molecule has 0 aromatic rings. The lowest BCUT2D eigenvalue weighted by Crippen LogP contribution is -2.31. The van der Waals surface area contributed by atoms with E-state index in [1.54, 1.807) is 0 Å². The number of likely N-dealkylation sites (tertiary alicyclic amines) is 1. The summed E-state index contributed by atoms with van der Waals surface area (Å²) < 4.78 is 0. The second-order valence-electron chi connectivity index (χ2n) is 4.66. The molecule has 0 aromatic heterocycles. The fraction of sp³-hybridized carbons (Fsp3) is 0.833. The summed E-state index contributed by atoms with van der Waals surface area (Å²) in [7, 11) is 2.12. The molecule has 1 aliphatic heterocycles. The highest BCUT2D eigenvalue weighted by Crippen LogP contribution is 2.16. The zero-order valence-electron chi connectivity index (χ0n) is 10.4. The third kappa shape index (κ3) is 5.68. The molecule has 1 atom stereocenters. The van der Waals surface area contributed by atoms with Gasteiger partial charge >= 0.3 is 5.97 Å². The highest BCUT2D eigenvalue weighted by molar-refractivity contribution is 5.76. The van der Waals surface area contributed by atoms with Crippen molar-refractivity contribution in [1.82, 2.24) is 10.2 Å². The largest absolute Gasteiger partial charge is 0.481 e. The van der Waals surface area contributed by atoms with Gasteiger partial charge in [0.15, 0.2) is 0 Å². The van der Waals surface area contributed by atoms with Crippen LogP contribution in [-0.2, 0) is 9.59 Å². The van der Waals surface area contributed by atoms with Gasteiger partial charge in [-0.3, -0.25) is 9.59 Å². The fourth-order valence-corrected chi connectivity index (χ4v) is 2.21. The molecule has 2 N–H and O–H groups in total. The molecule has 98 valence electrons. The van der Waals surface area contributed by atoms with Crippen molar-refractivity contribution < 1.29 is 14.7 Å². The van der Waals surface area contributed by atoms with Gasteiger partial charge in [-0.25, -0.2) is 0 Å². The van der Waals surface area contributed by atoms with Gasteiger partial charge < -0.3 is 15.3 Å². The maximum absolute atomic E-state index is 11.4. The Morgan fingerprint density at radius 3 is 2.76 bits per heavy atom. The third-order valence-electron chi connectivity index (χ3n) is 3.27. The third-order valence-corrected chi connectivity index (χ3v) is 3.27. The molecule has 0 saturated carbocycles. The summed E-state index contributed by atoms with van der Waals surface area (Å²) in [4.78, 5) is 24.0. The normalized spacial score (nSPS) is 20.4. The van der Waals surface area contributed by atoms with Gasteiger partial charge in [-0.1, -0.05) is 0 Å². The molecule has 17 heavy (non-hydrogen) atoms. The summed E-state index contributed by atoms with van der Waals surface area (Å²) in [5, 5.41) is 11.3. The molecule has 1 aliphatic rings. The van der Waals surface area contributed by atoms with Crippen molar-refractivity contribution >= 4 is 11.9 Å². The van der Waals surface area contributed by atoms with E-state index in [2.05, 4.69) is 17.3 Å². The Hall–Kier alpha value is -1.10. The number of rotatable bonds is 7. The van der Waals surface area contributed by atoms with Crippen LogP contribution in [0.5, 0.6) is 0 Å². The molecule has 1 fully saturated rings. The summed E-state index contributed by atoms with van der Waals surface area (Å²) in [6, 6.07) is 0.592. The summed E-state index contributed by atoms with van der Waals surface area (Å²) in [6.07, 6.45) is 4.25. The van der Waals surface area contributed by atoms with Crippen LogP contribution >= 0.6 is 0 Å². The van der Waals surface area contributed by atoms with Crippen molar-refractivity contribution in [3.63, 3.8) is 0 Å². The predicted molar refractivity (Wildman–Crippen MR) is 64.8 cm³/mol. The second-order valence-corrected chi connectivity index (χ2v) is 4.66. The minimum absolute atomic E-state index is 0.0353. The topological polar surface area (TPSA) is 69.6 Å². The van der Waals surface area contributed by atoms with Crippen molar-refractivity contribution in [2.45, 2.75) is 44.6 Å². The molecule has 5 heteroatoms. The number of carboxylic acid groups (broad SMARTS) is 1. The minimum Gasteiger partial charge on any atom is -0.481 e. The number of hydrogen-bond donors (Lipinski definition) is 2. The number of carboxylic acids is 1. The van der Waals surface area contributed by atoms with Crippen LogP contribution in [0.25, 0.3) is 0 Å². The van der Waals surface area contributed by atoms with E-state index in [-0.39, 0.29) is 12.3 Å². The van der Waals surface area contributed by atoms with E-state index in [0.29, 0.717) is 25.4 Å². The molecule has 1 saturated heterocycles. The van der Waals surface area contributed by atoms with E-state index in [1.807, 2.05) is 0 Å². The van der Waals surface area contributed by atoms with Crippen LogP contribution in [0.2, 0.25) is 0 Å². The molecule has 1 heterocycles. The van der Waals surface area contributed by atoms with Gasteiger partial charge in [0, 0.05) is 25.4 Å². The summed E-state index contributed by atoms with van der Waals surface area (Å²) in [5.74, 6) is -0.878. The average Bonchev–Trinajstić information content (AvgIpc) is 2.64. The molecular weight excluding hydrogens is 220 g/mol. The number of hydrogen-bond acceptors (Lipinski definition) is 3. The summed E-state index contributed by atoms with van der Waals surface area (Å²) >= 11 is 0. The van der Waals surface area contributed by atoms with Crippen molar-refractivity contribution in [2.75, 3.05) is 20.1 Å².